The highest BCUT2D eigenvalue weighted by molar-refractivity contribution is 5.86. The van der Waals surface area contributed by atoms with Gasteiger partial charge in [-0.05, 0) is 45.1 Å². The summed E-state index contributed by atoms with van der Waals surface area (Å²) < 4.78 is 5.34. The van der Waals surface area contributed by atoms with Gasteiger partial charge in [-0.2, -0.15) is 0 Å². The molecule has 5 nitrogen and oxygen atoms in total. The smallest absolute Gasteiger partial charge is 0.408 e. The number of ether oxygens (including phenoxy) is 1. The van der Waals surface area contributed by atoms with E-state index in [1.54, 1.807) is 0 Å². The van der Waals surface area contributed by atoms with Crippen LogP contribution < -0.4 is 10.6 Å². The molecule has 0 aromatic heterocycles. The molecule has 1 fully saturated rings. The molecule has 0 saturated heterocycles. The van der Waals surface area contributed by atoms with E-state index in [1.165, 1.54) is 6.42 Å². The number of hydrogen-bond acceptors (Lipinski definition) is 3. The molecule has 5 heteroatoms. The van der Waals surface area contributed by atoms with E-state index >= 15 is 0 Å². The van der Waals surface area contributed by atoms with E-state index < -0.39 is 17.7 Å². The van der Waals surface area contributed by atoms with Crippen molar-refractivity contribution >= 4 is 12.0 Å². The highest BCUT2D eigenvalue weighted by Gasteiger charge is 2.29. The molecule has 1 aromatic rings. The van der Waals surface area contributed by atoms with Crippen LogP contribution in [-0.4, -0.2) is 29.7 Å². The largest absolute Gasteiger partial charge is 0.444 e. The molecular formula is C21H32N2O3. The summed E-state index contributed by atoms with van der Waals surface area (Å²) in [6.45, 7) is 7.60. The topological polar surface area (TPSA) is 67.4 Å². The first kappa shape index (κ1) is 20.3. The molecule has 3 unspecified atom stereocenters. The van der Waals surface area contributed by atoms with Gasteiger partial charge >= 0.3 is 6.09 Å². The fourth-order valence-corrected chi connectivity index (χ4v) is 3.32. The third kappa shape index (κ3) is 6.70. The Morgan fingerprint density at radius 1 is 1.15 bits per heavy atom. The number of nitrogens with one attached hydrogen (secondary N) is 2. The van der Waals surface area contributed by atoms with Crippen molar-refractivity contribution < 1.29 is 14.3 Å². The zero-order valence-corrected chi connectivity index (χ0v) is 16.4. The van der Waals surface area contributed by atoms with E-state index in [0.717, 1.165) is 24.8 Å². The van der Waals surface area contributed by atoms with Crippen LogP contribution in [0, 0.1) is 5.92 Å². The Labute approximate surface area is 156 Å². The molecule has 3 atom stereocenters. The van der Waals surface area contributed by atoms with E-state index in [2.05, 4.69) is 17.6 Å². The Kier molecular flexibility index (Phi) is 7.06. The molecule has 1 aliphatic carbocycles. The van der Waals surface area contributed by atoms with Gasteiger partial charge < -0.3 is 15.4 Å². The third-order valence-corrected chi connectivity index (χ3v) is 4.73. The van der Waals surface area contributed by atoms with Crippen molar-refractivity contribution in [1.82, 2.24) is 10.6 Å². The Morgan fingerprint density at radius 2 is 1.81 bits per heavy atom. The normalized spacial score (nSPS) is 21.5. The molecule has 0 spiro atoms. The summed E-state index contributed by atoms with van der Waals surface area (Å²) in [5.74, 6) is 0.324. The maximum absolute atomic E-state index is 12.9. The average Bonchev–Trinajstić information content (AvgIpc) is 2.55. The summed E-state index contributed by atoms with van der Waals surface area (Å²) in [4.78, 5) is 25.1. The van der Waals surface area contributed by atoms with Gasteiger partial charge in [-0.15, -0.1) is 0 Å². The maximum Gasteiger partial charge on any atom is 0.408 e. The predicted molar refractivity (Wildman–Crippen MR) is 103 cm³/mol. The van der Waals surface area contributed by atoms with Gasteiger partial charge in [-0.1, -0.05) is 50.1 Å². The number of benzene rings is 1. The minimum absolute atomic E-state index is 0.140. The molecule has 26 heavy (non-hydrogen) atoms. The van der Waals surface area contributed by atoms with Gasteiger partial charge in [0.25, 0.3) is 0 Å². The van der Waals surface area contributed by atoms with E-state index in [9.17, 15) is 9.59 Å². The fraction of sp³-hybridized carbons (Fsp3) is 0.619. The third-order valence-electron chi connectivity index (χ3n) is 4.73. The van der Waals surface area contributed by atoms with Crippen molar-refractivity contribution in [3.05, 3.63) is 35.9 Å². The van der Waals surface area contributed by atoms with E-state index in [1.807, 2.05) is 51.1 Å². The quantitative estimate of drug-likeness (QED) is 0.839. The minimum atomic E-state index is -0.652. The molecule has 0 heterocycles. The molecule has 2 amide bonds. The van der Waals surface area contributed by atoms with E-state index in [-0.39, 0.29) is 11.9 Å². The zero-order chi connectivity index (χ0) is 19.2. The van der Waals surface area contributed by atoms with Crippen LogP contribution in [0.15, 0.2) is 30.3 Å². The van der Waals surface area contributed by atoms with Crippen molar-refractivity contribution in [2.24, 2.45) is 5.92 Å². The lowest BCUT2D eigenvalue weighted by atomic mass is 9.85. The number of hydrogen-bond donors (Lipinski definition) is 2. The first-order chi connectivity index (χ1) is 12.2. The lowest BCUT2D eigenvalue weighted by Crippen LogP contribution is -2.53. The highest BCUT2D eigenvalue weighted by atomic mass is 16.6. The van der Waals surface area contributed by atoms with Crippen LogP contribution in [-0.2, 0) is 16.0 Å². The van der Waals surface area contributed by atoms with E-state index in [4.69, 9.17) is 4.74 Å². The standard InChI is InChI=1S/C21H32N2O3/c1-15-10-8-9-13-17(15)22-19(24)18(14-16-11-6-5-7-12-16)23-20(25)26-21(2,3)4/h5-7,11-12,15,17-18H,8-10,13-14H2,1-4H3,(H,22,24)(H,23,25). The van der Waals surface area contributed by atoms with Gasteiger partial charge in [0.1, 0.15) is 11.6 Å². The average molecular weight is 360 g/mol. The first-order valence-corrected chi connectivity index (χ1v) is 9.58. The summed E-state index contributed by atoms with van der Waals surface area (Å²) in [7, 11) is 0. The molecule has 1 aliphatic rings. The molecule has 1 saturated carbocycles. The van der Waals surface area contributed by atoms with E-state index in [0.29, 0.717) is 12.3 Å². The second-order valence-corrected chi connectivity index (χ2v) is 8.27. The number of alkyl carbamates (subject to hydrolysis) is 1. The van der Waals surface area contributed by atoms with Gasteiger partial charge in [0, 0.05) is 12.5 Å². The lowest BCUT2D eigenvalue weighted by Gasteiger charge is -2.31. The Morgan fingerprint density at radius 3 is 2.42 bits per heavy atom. The summed E-state index contributed by atoms with van der Waals surface area (Å²) in [6, 6.07) is 9.24. The molecule has 2 rings (SSSR count). The Balaban J connectivity index is 2.05. The SMILES string of the molecule is CC1CCCCC1NC(=O)C(Cc1ccccc1)NC(=O)OC(C)(C)C. The molecule has 0 radical (unpaired) electrons. The molecule has 144 valence electrons. The highest BCUT2D eigenvalue weighted by Crippen LogP contribution is 2.23. The van der Waals surface area contributed by atoms with Crippen molar-refractivity contribution in [2.45, 2.75) is 77.5 Å². The predicted octanol–water partition coefficient (Wildman–Crippen LogP) is 3.82. The van der Waals surface area contributed by atoms with Crippen molar-refractivity contribution in [3.63, 3.8) is 0 Å². The number of amides is 2. The monoisotopic (exact) mass is 360 g/mol. The summed E-state index contributed by atoms with van der Waals surface area (Å²) in [5, 5.41) is 5.90. The molecular weight excluding hydrogens is 328 g/mol. The molecule has 1 aromatic carbocycles. The fourth-order valence-electron chi connectivity index (χ4n) is 3.32. The summed E-state index contributed by atoms with van der Waals surface area (Å²) in [6.07, 6.45) is 4.36. The molecule has 0 aliphatic heterocycles. The van der Waals surface area contributed by atoms with Crippen molar-refractivity contribution in [1.29, 1.82) is 0 Å². The Hall–Kier alpha value is -2.04. The zero-order valence-electron chi connectivity index (χ0n) is 16.4. The lowest BCUT2D eigenvalue weighted by molar-refractivity contribution is -0.124. The van der Waals surface area contributed by atoms with Crippen LogP contribution in [0.3, 0.4) is 0 Å². The van der Waals surface area contributed by atoms with Crippen LogP contribution >= 0.6 is 0 Å². The van der Waals surface area contributed by atoms with Crippen LogP contribution in [0.5, 0.6) is 0 Å². The van der Waals surface area contributed by atoms with Gasteiger partial charge in [-0.3, -0.25) is 4.79 Å². The summed E-state index contributed by atoms with van der Waals surface area (Å²) in [5.41, 5.74) is 0.399. The van der Waals surface area contributed by atoms with Crippen LogP contribution in [0.25, 0.3) is 0 Å². The molecule has 0 bridgehead atoms. The van der Waals surface area contributed by atoms with Gasteiger partial charge in [0.15, 0.2) is 0 Å². The van der Waals surface area contributed by atoms with Crippen LogP contribution in [0.2, 0.25) is 0 Å². The minimum Gasteiger partial charge on any atom is -0.444 e. The maximum atomic E-state index is 12.9. The van der Waals surface area contributed by atoms with Crippen molar-refractivity contribution in [2.75, 3.05) is 0 Å². The number of rotatable bonds is 5. The molecule has 2 N–H and O–H groups in total. The van der Waals surface area contributed by atoms with Crippen LogP contribution in [0.4, 0.5) is 4.79 Å². The van der Waals surface area contributed by atoms with Crippen LogP contribution in [0.1, 0.15) is 58.9 Å². The second-order valence-electron chi connectivity index (χ2n) is 8.27. The van der Waals surface area contributed by atoms with Gasteiger partial charge in [0.05, 0.1) is 0 Å². The Bertz CT molecular complexity index is 595. The van der Waals surface area contributed by atoms with Crippen molar-refractivity contribution in [3.8, 4) is 0 Å². The van der Waals surface area contributed by atoms with Gasteiger partial charge in [-0.25, -0.2) is 4.79 Å². The summed E-state index contributed by atoms with van der Waals surface area (Å²) >= 11 is 0. The second kappa shape index (κ2) is 9.06. The first-order valence-electron chi connectivity index (χ1n) is 9.58. The number of carbonyl (C=O) groups is 2. The number of carbonyl (C=O) groups excluding carboxylic acids is 2. The van der Waals surface area contributed by atoms with Gasteiger partial charge in [0.2, 0.25) is 5.91 Å².